The largest absolute Gasteiger partial charge is 0.465 e. The van der Waals surface area contributed by atoms with Crippen LogP contribution in [0.1, 0.15) is 34.8 Å². The lowest BCUT2D eigenvalue weighted by Gasteiger charge is -2.21. The van der Waals surface area contributed by atoms with Gasteiger partial charge >= 0.3 is 5.97 Å². The fourth-order valence-corrected chi connectivity index (χ4v) is 4.47. The molecule has 4 aromatic heterocycles. The number of esters is 1. The second-order valence-electron chi connectivity index (χ2n) is 8.68. The Hall–Kier alpha value is -4.20. The molecule has 170 valence electrons. The molecule has 34 heavy (non-hydrogen) atoms. The number of nitrogens with zero attached hydrogens (tertiary/aromatic N) is 6. The molecule has 5 aromatic rings. The molecule has 8 heteroatoms. The molecular formula is C26H24N6O2. The topological polar surface area (TPSA) is 77.5 Å². The van der Waals surface area contributed by atoms with Crippen molar-refractivity contribution in [2.24, 2.45) is 0 Å². The Bertz CT molecular complexity index is 1520. The van der Waals surface area contributed by atoms with E-state index in [1.165, 1.54) is 18.9 Å². The second kappa shape index (κ2) is 7.98. The van der Waals surface area contributed by atoms with Crippen molar-refractivity contribution in [3.8, 4) is 11.3 Å². The molecule has 0 N–H and O–H groups in total. The van der Waals surface area contributed by atoms with Gasteiger partial charge in [-0.2, -0.15) is 9.61 Å². The minimum absolute atomic E-state index is 0.336. The van der Waals surface area contributed by atoms with Gasteiger partial charge in [0.05, 0.1) is 19.0 Å². The Labute approximate surface area is 196 Å². The Morgan fingerprint density at radius 2 is 1.97 bits per heavy atom. The number of carbonyl (C=O) groups is 1. The van der Waals surface area contributed by atoms with Crippen LogP contribution in [0.25, 0.3) is 27.9 Å². The van der Waals surface area contributed by atoms with E-state index in [1.807, 2.05) is 43.6 Å². The van der Waals surface area contributed by atoms with Gasteiger partial charge in [-0.15, -0.1) is 0 Å². The monoisotopic (exact) mass is 452 g/mol. The number of pyridine rings is 1. The smallest absolute Gasteiger partial charge is 0.343 e. The van der Waals surface area contributed by atoms with Crippen LogP contribution in [-0.4, -0.2) is 44.3 Å². The highest BCUT2D eigenvalue weighted by molar-refractivity contribution is 5.98. The molecule has 0 unspecified atom stereocenters. The zero-order valence-electron chi connectivity index (χ0n) is 19.0. The molecule has 0 spiro atoms. The van der Waals surface area contributed by atoms with E-state index in [0.29, 0.717) is 23.8 Å². The molecule has 0 bridgehead atoms. The van der Waals surface area contributed by atoms with Crippen LogP contribution >= 0.6 is 0 Å². The summed E-state index contributed by atoms with van der Waals surface area (Å²) in [6, 6.07) is 16.8. The van der Waals surface area contributed by atoms with Gasteiger partial charge in [0.15, 0.2) is 5.65 Å². The molecule has 0 saturated heterocycles. The van der Waals surface area contributed by atoms with E-state index >= 15 is 0 Å². The number of ether oxygens (including phenoxy) is 1. The van der Waals surface area contributed by atoms with E-state index < -0.39 is 5.97 Å². The SMILES string of the molecule is COC(=O)c1cnn2c(N(C)Cc3ccccc3)cc(-c3cn(C4CC4)c4ncccc34)nc12. The van der Waals surface area contributed by atoms with Crippen molar-refractivity contribution in [1.29, 1.82) is 0 Å². The van der Waals surface area contributed by atoms with Crippen molar-refractivity contribution >= 4 is 28.5 Å². The number of aromatic nitrogens is 5. The van der Waals surface area contributed by atoms with Gasteiger partial charge in [-0.1, -0.05) is 30.3 Å². The molecular weight excluding hydrogens is 428 g/mol. The minimum atomic E-state index is -0.460. The highest BCUT2D eigenvalue weighted by Crippen LogP contribution is 2.41. The number of anilines is 1. The van der Waals surface area contributed by atoms with E-state index in [1.54, 1.807) is 4.52 Å². The quantitative estimate of drug-likeness (QED) is 0.353. The van der Waals surface area contributed by atoms with E-state index in [9.17, 15) is 4.79 Å². The zero-order chi connectivity index (χ0) is 23.2. The van der Waals surface area contributed by atoms with Crippen LogP contribution in [0.3, 0.4) is 0 Å². The number of methoxy groups -OCH3 is 1. The summed E-state index contributed by atoms with van der Waals surface area (Å²) >= 11 is 0. The van der Waals surface area contributed by atoms with Gasteiger partial charge in [-0.05, 0) is 30.5 Å². The van der Waals surface area contributed by atoms with Gasteiger partial charge in [0, 0.05) is 49.0 Å². The van der Waals surface area contributed by atoms with E-state index in [0.717, 1.165) is 41.0 Å². The summed E-state index contributed by atoms with van der Waals surface area (Å²) < 4.78 is 8.96. The predicted molar refractivity (Wildman–Crippen MR) is 130 cm³/mol. The molecule has 0 radical (unpaired) electrons. The van der Waals surface area contributed by atoms with Crippen LogP contribution in [0.5, 0.6) is 0 Å². The summed E-state index contributed by atoms with van der Waals surface area (Å²) in [5.74, 6) is 0.369. The summed E-state index contributed by atoms with van der Waals surface area (Å²) in [5.41, 5.74) is 4.70. The highest BCUT2D eigenvalue weighted by atomic mass is 16.5. The predicted octanol–water partition coefficient (Wildman–Crippen LogP) is 4.50. The first kappa shape index (κ1) is 20.4. The molecule has 0 atom stereocenters. The Balaban J connectivity index is 1.55. The summed E-state index contributed by atoms with van der Waals surface area (Å²) in [7, 11) is 3.38. The van der Waals surface area contributed by atoms with Gasteiger partial charge in [-0.25, -0.2) is 14.8 Å². The van der Waals surface area contributed by atoms with Crippen LogP contribution in [-0.2, 0) is 11.3 Å². The molecule has 0 aliphatic heterocycles. The van der Waals surface area contributed by atoms with Gasteiger partial charge in [0.25, 0.3) is 0 Å². The lowest BCUT2D eigenvalue weighted by molar-refractivity contribution is 0.0602. The van der Waals surface area contributed by atoms with Crippen LogP contribution in [0.15, 0.2) is 67.1 Å². The molecule has 1 aromatic carbocycles. The van der Waals surface area contributed by atoms with Crippen molar-refractivity contribution in [3.05, 3.63) is 78.2 Å². The lowest BCUT2D eigenvalue weighted by atomic mass is 10.1. The molecule has 8 nitrogen and oxygen atoms in total. The Kier molecular flexibility index (Phi) is 4.79. The van der Waals surface area contributed by atoms with Crippen LogP contribution in [0.2, 0.25) is 0 Å². The van der Waals surface area contributed by atoms with Gasteiger partial charge in [-0.3, -0.25) is 0 Å². The van der Waals surface area contributed by atoms with E-state index in [-0.39, 0.29) is 0 Å². The summed E-state index contributed by atoms with van der Waals surface area (Å²) in [4.78, 5) is 24.1. The van der Waals surface area contributed by atoms with E-state index in [4.69, 9.17) is 9.72 Å². The first-order chi connectivity index (χ1) is 16.6. The third-order valence-corrected chi connectivity index (χ3v) is 6.32. The molecule has 1 fully saturated rings. The maximum atomic E-state index is 12.5. The van der Waals surface area contributed by atoms with Crippen LogP contribution in [0, 0.1) is 0 Å². The Morgan fingerprint density at radius 1 is 1.15 bits per heavy atom. The van der Waals surface area contributed by atoms with Gasteiger partial charge < -0.3 is 14.2 Å². The molecule has 1 aliphatic carbocycles. The van der Waals surface area contributed by atoms with Crippen molar-refractivity contribution in [3.63, 3.8) is 0 Å². The maximum Gasteiger partial charge on any atom is 0.343 e. The fourth-order valence-electron chi connectivity index (χ4n) is 4.47. The summed E-state index contributed by atoms with van der Waals surface area (Å²) in [5, 5.41) is 5.53. The van der Waals surface area contributed by atoms with Crippen LogP contribution in [0.4, 0.5) is 5.82 Å². The number of fused-ring (bicyclic) bond motifs is 2. The first-order valence-electron chi connectivity index (χ1n) is 11.3. The summed E-state index contributed by atoms with van der Waals surface area (Å²) in [6.07, 6.45) is 7.81. The third-order valence-electron chi connectivity index (χ3n) is 6.32. The van der Waals surface area contributed by atoms with Crippen molar-refractivity contribution in [2.45, 2.75) is 25.4 Å². The third kappa shape index (κ3) is 3.39. The standard InChI is InChI=1S/C26H24N6O2/c1-30(15-17-7-4-3-5-8-17)23-13-22(29-25-20(26(33)34-2)14-28-32(23)25)21-16-31(18-10-11-18)24-19(21)9-6-12-27-24/h3-9,12-14,16,18H,10-11,15H2,1-2H3. The molecule has 6 rings (SSSR count). The number of rotatable bonds is 6. The van der Waals surface area contributed by atoms with Gasteiger partial charge in [0.2, 0.25) is 0 Å². The van der Waals surface area contributed by atoms with Gasteiger partial charge in [0.1, 0.15) is 17.0 Å². The Morgan fingerprint density at radius 3 is 2.74 bits per heavy atom. The number of hydrogen-bond acceptors (Lipinski definition) is 6. The molecule has 0 amide bonds. The second-order valence-corrected chi connectivity index (χ2v) is 8.68. The number of carbonyl (C=O) groups excluding carboxylic acids is 1. The average molecular weight is 453 g/mol. The summed E-state index contributed by atoms with van der Waals surface area (Å²) in [6.45, 7) is 0.679. The highest BCUT2D eigenvalue weighted by Gasteiger charge is 2.28. The lowest BCUT2D eigenvalue weighted by Crippen LogP contribution is -2.20. The van der Waals surface area contributed by atoms with Crippen molar-refractivity contribution in [2.75, 3.05) is 19.1 Å². The minimum Gasteiger partial charge on any atom is -0.465 e. The molecule has 4 heterocycles. The van der Waals surface area contributed by atoms with Crippen molar-refractivity contribution < 1.29 is 9.53 Å². The van der Waals surface area contributed by atoms with E-state index in [2.05, 4.69) is 43.9 Å². The first-order valence-corrected chi connectivity index (χ1v) is 11.3. The average Bonchev–Trinajstić information content (AvgIpc) is 3.51. The maximum absolute atomic E-state index is 12.5. The van der Waals surface area contributed by atoms with Crippen molar-refractivity contribution in [1.82, 2.24) is 24.1 Å². The fraction of sp³-hybridized carbons (Fsp3) is 0.231. The molecule has 1 aliphatic rings. The van der Waals surface area contributed by atoms with Crippen LogP contribution < -0.4 is 4.90 Å². The normalized spacial score (nSPS) is 13.5. The number of hydrogen-bond donors (Lipinski definition) is 0. The molecule has 1 saturated carbocycles. The zero-order valence-corrected chi connectivity index (χ0v) is 19.0. The number of benzene rings is 1.